The van der Waals surface area contributed by atoms with Crippen LogP contribution in [0.25, 0.3) is 0 Å². The van der Waals surface area contributed by atoms with Crippen molar-refractivity contribution in [2.45, 2.75) is 334 Å². The highest BCUT2D eigenvalue weighted by Crippen LogP contribution is 2.17. The fraction of sp³-hybridized carbons (Fsp3) is 0.818. The molecule has 3 N–H and O–H groups in total. The van der Waals surface area contributed by atoms with E-state index in [9.17, 15) is 19.8 Å². The quantitative estimate of drug-likeness (QED) is 0.0320. The zero-order valence-corrected chi connectivity index (χ0v) is 47.9. The molecule has 2 atom stereocenters. The van der Waals surface area contributed by atoms with Crippen LogP contribution in [0.3, 0.4) is 0 Å². The number of aliphatic hydroxyl groups is 2. The summed E-state index contributed by atoms with van der Waals surface area (Å²) < 4.78 is 5.41. The van der Waals surface area contributed by atoms with Gasteiger partial charge in [-0.05, 0) is 83.5 Å². The molecular weight excluding hydrogens is 887 g/mol. The van der Waals surface area contributed by atoms with E-state index in [4.69, 9.17) is 4.74 Å². The standard InChI is InChI=1S/C66H121NO5/c1-3-5-7-9-11-13-15-17-19-20-24-27-31-34-38-42-46-50-54-58-64(69)63(62-68)67-65(70)59-55-51-47-43-39-35-32-28-25-22-21-23-26-29-33-37-41-45-49-53-57-61-72-66(71)60-56-52-48-44-40-36-30-18-16-14-12-10-8-6-4-2/h12,14,18,30,37,41,49,53-54,58,63-64,68-69H,3-11,13,15-17,19-29,31-36,38-40,42-48,50-52,55-57,59-62H2,1-2H3,(H,67,70)/b14-12-,30-18-,41-37-,53-49-,58-54+. The van der Waals surface area contributed by atoms with Crippen molar-refractivity contribution in [1.82, 2.24) is 5.32 Å². The molecule has 420 valence electrons. The lowest BCUT2D eigenvalue weighted by atomic mass is 10.0. The van der Waals surface area contributed by atoms with Crippen molar-refractivity contribution >= 4 is 11.9 Å². The second-order valence-corrected chi connectivity index (χ2v) is 21.4. The number of hydrogen-bond donors (Lipinski definition) is 3. The largest absolute Gasteiger partial charge is 0.465 e. The Morgan fingerprint density at radius 3 is 1.08 bits per heavy atom. The topological polar surface area (TPSA) is 95.9 Å². The van der Waals surface area contributed by atoms with Gasteiger partial charge in [0.15, 0.2) is 0 Å². The highest BCUT2D eigenvalue weighted by molar-refractivity contribution is 5.76. The van der Waals surface area contributed by atoms with Gasteiger partial charge in [-0.15, -0.1) is 0 Å². The van der Waals surface area contributed by atoms with E-state index in [0.717, 1.165) is 64.2 Å². The summed E-state index contributed by atoms with van der Waals surface area (Å²) in [5.41, 5.74) is 0. The summed E-state index contributed by atoms with van der Waals surface area (Å²) in [4.78, 5) is 24.5. The van der Waals surface area contributed by atoms with Gasteiger partial charge in [0, 0.05) is 12.8 Å². The average molecular weight is 1010 g/mol. The molecule has 0 rings (SSSR count). The lowest BCUT2D eigenvalue weighted by Crippen LogP contribution is -2.45. The first-order valence-corrected chi connectivity index (χ1v) is 31.6. The number of allylic oxidation sites excluding steroid dienone is 8. The maximum Gasteiger partial charge on any atom is 0.305 e. The van der Waals surface area contributed by atoms with Gasteiger partial charge < -0.3 is 20.3 Å². The number of nitrogens with one attached hydrogen (secondary N) is 1. The molecule has 0 saturated heterocycles. The van der Waals surface area contributed by atoms with E-state index in [-0.39, 0.29) is 18.5 Å². The molecule has 6 heteroatoms. The van der Waals surface area contributed by atoms with Crippen LogP contribution in [0.1, 0.15) is 322 Å². The Labute approximate surface area is 448 Å². The molecular formula is C66H121NO5. The summed E-state index contributed by atoms with van der Waals surface area (Å²) in [6.45, 7) is 4.77. The van der Waals surface area contributed by atoms with Gasteiger partial charge in [-0.2, -0.15) is 0 Å². The third kappa shape index (κ3) is 56.8. The molecule has 72 heavy (non-hydrogen) atoms. The molecule has 0 aliphatic rings. The van der Waals surface area contributed by atoms with E-state index < -0.39 is 12.1 Å². The fourth-order valence-electron chi connectivity index (χ4n) is 9.44. The highest BCUT2D eigenvalue weighted by atomic mass is 16.5. The minimum Gasteiger partial charge on any atom is -0.465 e. The van der Waals surface area contributed by atoms with Crippen molar-refractivity contribution in [2.24, 2.45) is 0 Å². The first kappa shape index (κ1) is 69.6. The van der Waals surface area contributed by atoms with Gasteiger partial charge in [-0.3, -0.25) is 9.59 Å². The van der Waals surface area contributed by atoms with Crippen molar-refractivity contribution in [1.29, 1.82) is 0 Å². The maximum absolute atomic E-state index is 12.5. The van der Waals surface area contributed by atoms with Gasteiger partial charge in [-0.25, -0.2) is 0 Å². The van der Waals surface area contributed by atoms with Crippen LogP contribution in [-0.4, -0.2) is 47.4 Å². The van der Waals surface area contributed by atoms with Crippen LogP contribution >= 0.6 is 0 Å². The molecule has 0 heterocycles. The molecule has 0 fully saturated rings. The number of aliphatic hydroxyl groups excluding tert-OH is 2. The van der Waals surface area contributed by atoms with E-state index in [1.54, 1.807) is 6.08 Å². The van der Waals surface area contributed by atoms with Crippen LogP contribution in [0.2, 0.25) is 0 Å². The molecule has 0 saturated carbocycles. The van der Waals surface area contributed by atoms with Crippen molar-refractivity contribution in [2.75, 3.05) is 13.2 Å². The predicted octanol–water partition coefficient (Wildman–Crippen LogP) is 19.9. The summed E-state index contributed by atoms with van der Waals surface area (Å²) >= 11 is 0. The number of esters is 1. The molecule has 0 radical (unpaired) electrons. The molecule has 0 aliphatic heterocycles. The lowest BCUT2D eigenvalue weighted by Gasteiger charge is -2.20. The van der Waals surface area contributed by atoms with E-state index in [1.807, 2.05) is 6.08 Å². The summed E-state index contributed by atoms with van der Waals surface area (Å²) in [6.07, 6.45) is 79.9. The van der Waals surface area contributed by atoms with Crippen LogP contribution in [0, 0.1) is 0 Å². The van der Waals surface area contributed by atoms with E-state index in [2.05, 4.69) is 67.8 Å². The number of carbonyl (C=O) groups excluding carboxylic acids is 2. The lowest BCUT2D eigenvalue weighted by molar-refractivity contribution is -0.143. The van der Waals surface area contributed by atoms with Gasteiger partial charge in [-0.1, -0.05) is 286 Å². The Kier molecular flexibility index (Phi) is 59.0. The third-order valence-corrected chi connectivity index (χ3v) is 14.3. The monoisotopic (exact) mass is 1010 g/mol. The second-order valence-electron chi connectivity index (χ2n) is 21.4. The van der Waals surface area contributed by atoms with E-state index in [0.29, 0.717) is 19.4 Å². The maximum atomic E-state index is 12.5. The molecule has 2 unspecified atom stereocenters. The van der Waals surface area contributed by atoms with Crippen LogP contribution in [0.5, 0.6) is 0 Å². The Hall–Kier alpha value is -2.44. The Balaban J connectivity index is 3.50. The first-order valence-electron chi connectivity index (χ1n) is 31.6. The summed E-state index contributed by atoms with van der Waals surface area (Å²) in [5, 5.41) is 23.2. The van der Waals surface area contributed by atoms with Crippen molar-refractivity contribution in [3.8, 4) is 0 Å². The molecule has 0 aromatic rings. The summed E-state index contributed by atoms with van der Waals surface area (Å²) in [5.74, 6) is -0.122. The van der Waals surface area contributed by atoms with Crippen LogP contribution < -0.4 is 5.32 Å². The number of rotatable bonds is 58. The van der Waals surface area contributed by atoms with Gasteiger partial charge >= 0.3 is 5.97 Å². The van der Waals surface area contributed by atoms with Crippen LogP contribution in [0.15, 0.2) is 60.8 Å². The number of ether oxygens (including phenoxy) is 1. The zero-order chi connectivity index (χ0) is 52.2. The number of amides is 1. The minimum atomic E-state index is -0.850. The normalized spacial score (nSPS) is 13.0. The second kappa shape index (κ2) is 61.1. The predicted molar refractivity (Wildman–Crippen MR) is 315 cm³/mol. The number of hydrogen-bond acceptors (Lipinski definition) is 5. The highest BCUT2D eigenvalue weighted by Gasteiger charge is 2.18. The summed E-state index contributed by atoms with van der Waals surface area (Å²) in [7, 11) is 0. The SMILES string of the molecule is CCCCC/C=C\C/C=C\CCCCCCCC(=O)OCC/C=C\C/C=C\CCCCCCCCCCCCCCCCC(=O)NC(CO)C(O)/C=C/CCCCCCCCCCCCCCCCCCC. The molecule has 0 bridgehead atoms. The van der Waals surface area contributed by atoms with Gasteiger partial charge in [0.25, 0.3) is 0 Å². The smallest absolute Gasteiger partial charge is 0.305 e. The van der Waals surface area contributed by atoms with Gasteiger partial charge in [0.1, 0.15) is 0 Å². The number of unbranched alkanes of at least 4 members (excludes halogenated alkanes) is 39. The Morgan fingerprint density at radius 2 is 0.694 bits per heavy atom. The van der Waals surface area contributed by atoms with Crippen LogP contribution in [0.4, 0.5) is 0 Å². The van der Waals surface area contributed by atoms with Crippen molar-refractivity contribution in [3.05, 3.63) is 60.8 Å². The zero-order valence-electron chi connectivity index (χ0n) is 47.9. The molecule has 1 amide bonds. The van der Waals surface area contributed by atoms with E-state index >= 15 is 0 Å². The molecule has 0 aromatic carbocycles. The molecule has 6 nitrogen and oxygen atoms in total. The molecule has 0 spiro atoms. The number of carbonyl (C=O) groups is 2. The molecule has 0 aliphatic carbocycles. The average Bonchev–Trinajstić information content (AvgIpc) is 3.38. The molecule has 0 aromatic heterocycles. The summed E-state index contributed by atoms with van der Waals surface area (Å²) in [6, 6.07) is -0.634. The first-order chi connectivity index (χ1) is 35.5. The Morgan fingerprint density at radius 1 is 0.389 bits per heavy atom. The van der Waals surface area contributed by atoms with Gasteiger partial charge in [0.05, 0.1) is 25.4 Å². The Bertz CT molecular complexity index is 1250. The third-order valence-electron chi connectivity index (χ3n) is 14.3. The van der Waals surface area contributed by atoms with Crippen molar-refractivity contribution < 1.29 is 24.5 Å². The van der Waals surface area contributed by atoms with Gasteiger partial charge in [0.2, 0.25) is 5.91 Å². The minimum absolute atomic E-state index is 0.0502. The van der Waals surface area contributed by atoms with Crippen molar-refractivity contribution in [3.63, 3.8) is 0 Å². The fourth-order valence-corrected chi connectivity index (χ4v) is 9.44. The van der Waals surface area contributed by atoms with Crippen LogP contribution in [-0.2, 0) is 14.3 Å². The van der Waals surface area contributed by atoms with E-state index in [1.165, 1.54) is 231 Å².